The summed E-state index contributed by atoms with van der Waals surface area (Å²) in [6.45, 7) is 0.793. The molecule has 0 bridgehead atoms. The molecule has 0 aliphatic rings. The van der Waals surface area contributed by atoms with Gasteiger partial charge in [-0.3, -0.25) is 0 Å². The number of imidazole rings is 1. The zero-order chi connectivity index (χ0) is 14.7. The van der Waals surface area contributed by atoms with Crippen LogP contribution in [0.15, 0.2) is 29.1 Å². The topological polar surface area (TPSA) is 54.5 Å². The van der Waals surface area contributed by atoms with E-state index < -0.39 is 0 Å². The molecular formula is C15H13ClN4S. The number of thiazole rings is 1. The van der Waals surface area contributed by atoms with Gasteiger partial charge in [-0.05, 0) is 18.2 Å². The Bertz CT molecular complexity index is 786. The third-order valence-electron chi connectivity index (χ3n) is 3.35. The van der Waals surface area contributed by atoms with E-state index in [4.69, 9.17) is 16.9 Å². The van der Waals surface area contributed by atoms with Gasteiger partial charge < -0.3 is 4.57 Å². The molecule has 1 aromatic carbocycles. The number of halogens is 1. The molecule has 0 aliphatic heterocycles. The number of rotatable bonds is 5. The van der Waals surface area contributed by atoms with Gasteiger partial charge in [0.05, 0.1) is 33.9 Å². The van der Waals surface area contributed by atoms with Gasteiger partial charge in [0, 0.05) is 30.6 Å². The number of aryl methyl sites for hydroxylation is 3. The van der Waals surface area contributed by atoms with Crippen molar-refractivity contribution in [1.82, 2.24) is 14.5 Å². The molecule has 0 aliphatic carbocycles. The zero-order valence-electron chi connectivity index (χ0n) is 11.3. The van der Waals surface area contributed by atoms with Gasteiger partial charge in [0.25, 0.3) is 0 Å². The second-order valence-corrected chi connectivity index (χ2v) is 5.76. The van der Waals surface area contributed by atoms with E-state index in [1.807, 2.05) is 17.6 Å². The molecule has 21 heavy (non-hydrogen) atoms. The number of aromatic nitrogens is 3. The van der Waals surface area contributed by atoms with Gasteiger partial charge in [0.1, 0.15) is 5.82 Å². The lowest BCUT2D eigenvalue weighted by Gasteiger charge is -2.07. The van der Waals surface area contributed by atoms with Gasteiger partial charge in [0.15, 0.2) is 0 Å². The van der Waals surface area contributed by atoms with Gasteiger partial charge in [-0.2, -0.15) is 5.26 Å². The first-order valence-corrected chi connectivity index (χ1v) is 8.12. The summed E-state index contributed by atoms with van der Waals surface area (Å²) in [5.41, 5.74) is 5.47. The molecule has 3 rings (SSSR count). The quantitative estimate of drug-likeness (QED) is 0.678. The Labute approximate surface area is 131 Å². The first kappa shape index (κ1) is 14.1. The normalized spacial score (nSPS) is 10.9. The third kappa shape index (κ3) is 2.92. The second kappa shape index (κ2) is 6.25. The van der Waals surface area contributed by atoms with Crippen molar-refractivity contribution in [2.75, 3.05) is 5.88 Å². The predicted molar refractivity (Wildman–Crippen MR) is 84.7 cm³/mol. The fourth-order valence-electron chi connectivity index (χ4n) is 2.35. The van der Waals surface area contributed by atoms with E-state index in [2.05, 4.69) is 26.0 Å². The van der Waals surface area contributed by atoms with Crippen LogP contribution < -0.4 is 0 Å². The standard InChI is InChI=1S/C15H13ClN4S/c16-5-3-15-19-13-2-1-11(8-17)7-14(13)20(15)6-4-12-9-21-10-18-12/h1-2,7,9-10H,3-6H2. The molecule has 0 saturated carbocycles. The maximum absolute atomic E-state index is 9.07. The minimum atomic E-state index is 0.533. The number of alkyl halides is 1. The maximum Gasteiger partial charge on any atom is 0.111 e. The lowest BCUT2D eigenvalue weighted by Crippen LogP contribution is -2.07. The Morgan fingerprint density at radius 3 is 2.95 bits per heavy atom. The minimum Gasteiger partial charge on any atom is -0.328 e. The summed E-state index contributed by atoms with van der Waals surface area (Å²) >= 11 is 7.48. The monoisotopic (exact) mass is 316 g/mol. The van der Waals surface area contributed by atoms with Gasteiger partial charge in [0.2, 0.25) is 0 Å². The fourth-order valence-corrected chi connectivity index (χ4v) is 3.12. The van der Waals surface area contributed by atoms with Crippen LogP contribution in [0.3, 0.4) is 0 Å². The van der Waals surface area contributed by atoms with Crippen LogP contribution >= 0.6 is 22.9 Å². The molecule has 4 nitrogen and oxygen atoms in total. The molecule has 6 heteroatoms. The summed E-state index contributed by atoms with van der Waals surface area (Å²) < 4.78 is 2.15. The molecule has 0 radical (unpaired) electrons. The zero-order valence-corrected chi connectivity index (χ0v) is 12.9. The Kier molecular flexibility index (Phi) is 4.18. The first-order valence-electron chi connectivity index (χ1n) is 6.64. The lowest BCUT2D eigenvalue weighted by molar-refractivity contribution is 0.668. The van der Waals surface area contributed by atoms with Crippen molar-refractivity contribution in [3.63, 3.8) is 0 Å². The molecule has 0 fully saturated rings. The molecule has 0 N–H and O–H groups in total. The van der Waals surface area contributed by atoms with Crippen LogP contribution in [0.2, 0.25) is 0 Å². The molecule has 0 atom stereocenters. The number of nitriles is 1. The van der Waals surface area contributed by atoms with Crippen LogP contribution in [-0.4, -0.2) is 20.4 Å². The molecular weight excluding hydrogens is 304 g/mol. The van der Waals surface area contributed by atoms with Crippen molar-refractivity contribution >= 4 is 34.0 Å². The van der Waals surface area contributed by atoms with Crippen LogP contribution in [0.5, 0.6) is 0 Å². The number of fused-ring (bicyclic) bond motifs is 1. The molecule has 0 amide bonds. The summed E-state index contributed by atoms with van der Waals surface area (Å²) in [4.78, 5) is 8.94. The molecule has 2 heterocycles. The van der Waals surface area contributed by atoms with E-state index in [9.17, 15) is 0 Å². The average molecular weight is 317 g/mol. The highest BCUT2D eigenvalue weighted by Gasteiger charge is 2.11. The largest absolute Gasteiger partial charge is 0.328 e. The van der Waals surface area contributed by atoms with Crippen LogP contribution in [0.25, 0.3) is 11.0 Å². The van der Waals surface area contributed by atoms with E-state index in [1.165, 1.54) is 0 Å². The van der Waals surface area contributed by atoms with Crippen molar-refractivity contribution in [3.05, 3.63) is 46.2 Å². The van der Waals surface area contributed by atoms with Crippen molar-refractivity contribution < 1.29 is 0 Å². The Balaban J connectivity index is 1.99. The first-order chi connectivity index (χ1) is 10.3. The SMILES string of the molecule is N#Cc1ccc2nc(CCCl)n(CCc3cscn3)c2c1. The van der Waals surface area contributed by atoms with Crippen molar-refractivity contribution in [2.45, 2.75) is 19.4 Å². The Morgan fingerprint density at radius 1 is 1.33 bits per heavy atom. The summed E-state index contributed by atoms with van der Waals surface area (Å²) in [7, 11) is 0. The summed E-state index contributed by atoms with van der Waals surface area (Å²) in [5, 5.41) is 11.1. The molecule has 106 valence electrons. The molecule has 3 aromatic rings. The fraction of sp³-hybridized carbons (Fsp3) is 0.267. The van der Waals surface area contributed by atoms with Crippen molar-refractivity contribution in [1.29, 1.82) is 5.26 Å². The second-order valence-electron chi connectivity index (χ2n) is 4.66. The number of hydrogen-bond acceptors (Lipinski definition) is 4. The lowest BCUT2D eigenvalue weighted by atomic mass is 10.2. The van der Waals surface area contributed by atoms with Crippen molar-refractivity contribution in [3.8, 4) is 6.07 Å². The van der Waals surface area contributed by atoms with E-state index >= 15 is 0 Å². The highest BCUT2D eigenvalue weighted by atomic mass is 35.5. The van der Waals surface area contributed by atoms with Crippen LogP contribution in [-0.2, 0) is 19.4 Å². The molecule has 0 spiro atoms. The highest BCUT2D eigenvalue weighted by molar-refractivity contribution is 7.07. The van der Waals surface area contributed by atoms with Gasteiger partial charge in [-0.25, -0.2) is 9.97 Å². The molecule has 0 saturated heterocycles. The van der Waals surface area contributed by atoms with E-state index in [1.54, 1.807) is 17.4 Å². The predicted octanol–water partition coefficient (Wildman–Crippen LogP) is 3.39. The summed E-state index contributed by atoms with van der Waals surface area (Å²) in [6.07, 6.45) is 1.57. The smallest absolute Gasteiger partial charge is 0.111 e. The summed E-state index contributed by atoms with van der Waals surface area (Å²) in [5.74, 6) is 1.50. The highest BCUT2D eigenvalue weighted by Crippen LogP contribution is 2.19. The van der Waals surface area contributed by atoms with E-state index in [-0.39, 0.29) is 0 Å². The number of nitrogens with zero attached hydrogens (tertiary/aromatic N) is 4. The van der Waals surface area contributed by atoms with Gasteiger partial charge >= 0.3 is 0 Å². The Hall–Kier alpha value is -1.90. The third-order valence-corrected chi connectivity index (χ3v) is 4.17. The Morgan fingerprint density at radius 2 is 2.24 bits per heavy atom. The van der Waals surface area contributed by atoms with E-state index in [0.717, 1.165) is 41.9 Å². The van der Waals surface area contributed by atoms with Crippen LogP contribution in [0, 0.1) is 11.3 Å². The van der Waals surface area contributed by atoms with Crippen LogP contribution in [0.1, 0.15) is 17.1 Å². The maximum atomic E-state index is 9.07. The van der Waals surface area contributed by atoms with E-state index in [0.29, 0.717) is 11.4 Å². The average Bonchev–Trinajstić information content (AvgIpc) is 3.12. The number of benzene rings is 1. The van der Waals surface area contributed by atoms with Gasteiger partial charge in [-0.1, -0.05) is 0 Å². The number of hydrogen-bond donors (Lipinski definition) is 0. The molecule has 0 unspecified atom stereocenters. The van der Waals surface area contributed by atoms with Crippen LogP contribution in [0.4, 0.5) is 0 Å². The summed E-state index contributed by atoms with van der Waals surface area (Å²) in [6, 6.07) is 7.76. The van der Waals surface area contributed by atoms with Crippen molar-refractivity contribution in [2.24, 2.45) is 0 Å². The van der Waals surface area contributed by atoms with Gasteiger partial charge in [-0.15, -0.1) is 22.9 Å². The minimum absolute atomic E-state index is 0.533. The molecule has 2 aromatic heterocycles.